The number of rotatable bonds is 18. The molecule has 0 aliphatic carbocycles. The van der Waals surface area contributed by atoms with Gasteiger partial charge in [0, 0.05) is 43.6 Å². The van der Waals surface area contributed by atoms with Crippen LogP contribution in [0.5, 0.6) is 0 Å². The second-order valence-electron chi connectivity index (χ2n) is 26.1. The van der Waals surface area contributed by atoms with Crippen molar-refractivity contribution < 1.29 is 182 Å². The Morgan fingerprint density at radius 3 is 0.951 bits per heavy atom. The molecule has 23 N–H and O–H groups in total. The van der Waals surface area contributed by atoms with E-state index in [0.29, 0.717) is 17.2 Å². The van der Waals surface area contributed by atoms with Gasteiger partial charge >= 0.3 is 0 Å². The van der Waals surface area contributed by atoms with Gasteiger partial charge in [0.15, 0.2) is 44.0 Å². The molecular formula is C60H94N4O37S. The van der Waals surface area contributed by atoms with E-state index in [0.717, 1.165) is 5.69 Å². The van der Waals surface area contributed by atoms with Crippen LogP contribution < -0.4 is 20.3 Å². The van der Waals surface area contributed by atoms with E-state index in [9.17, 15) is 115 Å². The predicted molar refractivity (Wildman–Crippen MR) is 330 cm³/mol. The van der Waals surface area contributed by atoms with Gasteiger partial charge in [-0.2, -0.15) is 0 Å². The zero-order chi connectivity index (χ0) is 73.9. The summed E-state index contributed by atoms with van der Waals surface area (Å²) in [4.78, 5) is 14.7. The molecule has 582 valence electrons. The molecule has 21 aliphatic heterocycles. The number of ether oxygens (including phenoxy) is 14. The van der Waals surface area contributed by atoms with E-state index in [1.165, 1.54) is 6.07 Å². The first-order valence-electron chi connectivity index (χ1n) is 33.1. The second-order valence-corrected chi connectivity index (χ2v) is 27.8. The zero-order valence-electron chi connectivity index (χ0n) is 54.9. The number of fused-ring (bicyclic) bond motifs is 1. The van der Waals surface area contributed by atoms with Crippen LogP contribution in [0.1, 0.15) is 12.8 Å². The Morgan fingerprint density at radius 2 is 0.647 bits per heavy atom. The Kier molecular flexibility index (Phi) is 28.0. The summed E-state index contributed by atoms with van der Waals surface area (Å²) in [5.74, 6) is -0.654. The number of carbonyl (C=O) groups is 1. The maximum absolute atomic E-state index is 13.5. The highest BCUT2D eigenvalue weighted by Gasteiger charge is 2.60. The lowest BCUT2D eigenvalue weighted by molar-refractivity contribution is -0.396. The SMILES string of the molecule is CN(C)c1cccc2c(S(=O)(=O)NCC(=O)NCCCCNC[C@H]3O[C@@H]4O[C@H]5[C@H](O)[C@@H](O)[C@@H](O[C@H]6[C@H](O)[C@@H](O)[C@@H](O[C@H]7[C@H](O)[C@@H](O)[C@@H](O[C@H]8[C@H](O)[C@@H](O)[C@@H](O[C@H]9[C@H](O)[C@@H](O)[C@@H](O[C@H]%10[C@H](O)[C@@H](O)[C@@H](O[C@H]3[C@H](O)[C@H]4O)O[C@@H]%10CO)O[C@@H]9CO)O[C@@H]8CO)O[C@@H]7CO)O[C@@H]6CO)O[C@@H]5CO)cccc12. The van der Waals surface area contributed by atoms with Crippen LogP contribution in [0.3, 0.4) is 0 Å². The predicted octanol–water partition coefficient (Wildman–Crippen LogP) is -13.5. The van der Waals surface area contributed by atoms with E-state index >= 15 is 0 Å². The van der Waals surface area contributed by atoms with Gasteiger partial charge in [-0.15, -0.1) is 0 Å². The number of aliphatic hydroxyl groups excluding tert-OH is 20. The number of aliphatic hydroxyl groups is 20. The van der Waals surface area contributed by atoms with E-state index in [-0.39, 0.29) is 31.0 Å². The van der Waals surface area contributed by atoms with E-state index in [4.69, 9.17) is 66.3 Å². The van der Waals surface area contributed by atoms with Crippen molar-refractivity contribution in [3.05, 3.63) is 36.4 Å². The van der Waals surface area contributed by atoms with Gasteiger partial charge in [0.2, 0.25) is 15.9 Å². The molecule has 21 aliphatic rings. The molecular weight excluding hydrogens is 1400 g/mol. The molecule has 0 unspecified atom stereocenters. The monoisotopic (exact) mass is 1490 g/mol. The van der Waals surface area contributed by atoms with Gasteiger partial charge in [-0.25, -0.2) is 13.1 Å². The average molecular weight is 1500 g/mol. The molecule has 102 heavy (non-hydrogen) atoms. The van der Waals surface area contributed by atoms with Gasteiger partial charge in [-0.1, -0.05) is 24.3 Å². The molecule has 21 saturated heterocycles. The highest BCUT2D eigenvalue weighted by atomic mass is 32.2. The van der Waals surface area contributed by atoms with Crippen molar-refractivity contribution in [1.29, 1.82) is 0 Å². The highest BCUT2D eigenvalue weighted by Crippen LogP contribution is 2.40. The average Bonchev–Trinajstić information content (AvgIpc) is 0.782. The topological polar surface area (TPSA) is 624 Å². The lowest BCUT2D eigenvalue weighted by Crippen LogP contribution is -2.68. The van der Waals surface area contributed by atoms with E-state index in [1.54, 1.807) is 24.3 Å². The summed E-state index contributed by atoms with van der Waals surface area (Å²) < 4.78 is 111. The summed E-state index contributed by atoms with van der Waals surface area (Å²) in [6, 6.07) is 9.99. The number of hydrogen-bond donors (Lipinski definition) is 23. The maximum atomic E-state index is 13.5. The van der Waals surface area contributed by atoms with Gasteiger partial charge in [0.1, 0.15) is 171 Å². The van der Waals surface area contributed by atoms with Crippen LogP contribution in [0, 0.1) is 0 Å². The van der Waals surface area contributed by atoms with Crippen molar-refractivity contribution in [3.8, 4) is 0 Å². The molecule has 0 spiro atoms. The molecule has 42 heteroatoms. The van der Waals surface area contributed by atoms with Crippen LogP contribution in [0.2, 0.25) is 0 Å². The van der Waals surface area contributed by atoms with E-state index < -0.39 is 277 Å². The summed E-state index contributed by atoms with van der Waals surface area (Å²) in [5.41, 5.74) is 0.777. The highest BCUT2D eigenvalue weighted by molar-refractivity contribution is 7.89. The molecule has 2 aromatic carbocycles. The molecule has 21 heterocycles. The number of unbranched alkanes of at least 4 members (excludes halogenated alkanes) is 1. The lowest BCUT2D eigenvalue weighted by atomic mass is 9.95. The smallest absolute Gasteiger partial charge is 0.241 e. The summed E-state index contributed by atoms with van der Waals surface area (Å²) >= 11 is 0. The van der Waals surface area contributed by atoms with Crippen molar-refractivity contribution in [1.82, 2.24) is 15.4 Å². The molecule has 0 aromatic heterocycles. The summed E-state index contributed by atoms with van der Waals surface area (Å²) in [6.45, 7) is -7.24. The molecule has 14 bridgehead atoms. The van der Waals surface area contributed by atoms with Crippen molar-refractivity contribution in [2.75, 3.05) is 84.8 Å². The Morgan fingerprint density at radius 1 is 0.373 bits per heavy atom. The number of hydrogen-bond acceptors (Lipinski definition) is 39. The fourth-order valence-corrected chi connectivity index (χ4v) is 14.7. The Balaban J connectivity index is 0.867. The van der Waals surface area contributed by atoms with Gasteiger partial charge in [0.05, 0.1) is 51.1 Å². The van der Waals surface area contributed by atoms with Crippen molar-refractivity contribution in [2.45, 2.75) is 233 Å². The molecule has 0 radical (unpaired) electrons. The minimum absolute atomic E-state index is 0.0342. The third kappa shape index (κ3) is 17.1. The molecule has 35 atom stereocenters. The van der Waals surface area contributed by atoms with Crippen LogP contribution in [0.25, 0.3) is 10.8 Å². The fourth-order valence-electron chi connectivity index (χ4n) is 13.5. The van der Waals surface area contributed by atoms with Crippen LogP contribution in [0.4, 0.5) is 5.69 Å². The molecule has 0 saturated carbocycles. The largest absolute Gasteiger partial charge is 0.394 e. The standard InChI is InChI=1S/C60H94N4O37S/c1-64(2)23-9-5-8-22-21(23)7-6-10-31(22)102(86,87)63-14-32(71)62-12-4-3-11-61-13-24-47-33(72)40(79)54(88-24)96-48-25(15-65)90-56(42(81)35(48)74)98-50-27(17-67)92-58(44(83)37(50)76)100-52-29(19-69)94-60(46(85)39(52)78)101-53-30(20-70)93-59(45(84)38(53)77)99-51-28(18-68)91-57(43(82)36(51)75)97-49-26(16-66)89-55(95-47)41(80)34(49)73/h5-10,24-30,33-61,63,65-70,72-85H,3-4,11-20H2,1-2H3,(H,62,71)/t24-,25-,26-,27-,28-,29-,30-,33-,34-,35-,36-,37-,38-,39-,40-,41-,42-,43-,44-,45-,46-,47-,48-,49-,50-,51-,52-,53-,54-,55-,56-,57-,58-,59-,60-/m1/s1. The molecule has 41 nitrogen and oxygen atoms in total. The summed E-state index contributed by atoms with van der Waals surface area (Å²) in [7, 11) is -0.547. The minimum Gasteiger partial charge on any atom is -0.394 e. The number of benzene rings is 2. The number of nitrogens with zero attached hydrogens (tertiary/aromatic N) is 1. The number of sulfonamides is 1. The third-order valence-electron chi connectivity index (χ3n) is 19.1. The molecule has 1 amide bonds. The quantitative estimate of drug-likeness (QED) is 0.0616. The number of carbonyl (C=O) groups excluding carboxylic acids is 1. The summed E-state index contributed by atoms with van der Waals surface area (Å²) in [5, 5.41) is 232. The first-order valence-corrected chi connectivity index (χ1v) is 34.6. The van der Waals surface area contributed by atoms with E-state index in [2.05, 4.69) is 15.4 Å². The summed E-state index contributed by atoms with van der Waals surface area (Å²) in [6.07, 6.45) is -70.5. The fraction of sp³-hybridized carbons (Fsp3) is 0.817. The van der Waals surface area contributed by atoms with Crippen LogP contribution in [-0.4, -0.2) is 411 Å². The van der Waals surface area contributed by atoms with Crippen molar-refractivity contribution >= 4 is 32.4 Å². The van der Waals surface area contributed by atoms with Gasteiger partial charge in [-0.3, -0.25) is 4.79 Å². The molecule has 23 rings (SSSR count). The van der Waals surface area contributed by atoms with Crippen molar-refractivity contribution in [3.63, 3.8) is 0 Å². The van der Waals surface area contributed by atoms with Gasteiger partial charge in [-0.05, 0) is 31.5 Å². The van der Waals surface area contributed by atoms with Gasteiger partial charge in [0.25, 0.3) is 0 Å². The van der Waals surface area contributed by atoms with Crippen LogP contribution >= 0.6 is 0 Å². The van der Waals surface area contributed by atoms with Crippen molar-refractivity contribution in [2.24, 2.45) is 0 Å². The third-order valence-corrected chi connectivity index (χ3v) is 20.6. The maximum Gasteiger partial charge on any atom is 0.241 e. The molecule has 21 fully saturated rings. The Hall–Kier alpha value is -3.52. The van der Waals surface area contributed by atoms with E-state index in [1.807, 2.05) is 25.1 Å². The number of anilines is 1. The van der Waals surface area contributed by atoms with Crippen LogP contribution in [-0.2, 0) is 81.1 Å². The Labute approximate surface area is 581 Å². The van der Waals surface area contributed by atoms with Crippen LogP contribution in [0.15, 0.2) is 41.3 Å². The normalized spacial score (nSPS) is 44.8. The molecule has 2 aromatic rings. The number of amides is 1. The Bertz CT molecular complexity index is 3090. The first-order chi connectivity index (χ1) is 48.6. The lowest BCUT2D eigenvalue weighted by Gasteiger charge is -2.50. The van der Waals surface area contributed by atoms with Gasteiger partial charge < -0.3 is 184 Å². The minimum atomic E-state index is -4.18. The first kappa shape index (κ1) is 81.0. The number of nitrogens with one attached hydrogen (secondary N) is 3. The second kappa shape index (κ2) is 35.2. The zero-order valence-corrected chi connectivity index (χ0v) is 55.7.